The number of anilines is 1. The van der Waals surface area contributed by atoms with E-state index in [0.29, 0.717) is 10.7 Å². The molecule has 0 fully saturated rings. The molecule has 5 nitrogen and oxygen atoms in total. The van der Waals surface area contributed by atoms with Gasteiger partial charge >= 0.3 is 0 Å². The molecule has 0 bridgehead atoms. The largest absolute Gasteiger partial charge is 0.324 e. The van der Waals surface area contributed by atoms with Crippen molar-refractivity contribution in [3.05, 3.63) is 89.4 Å². The van der Waals surface area contributed by atoms with Crippen molar-refractivity contribution in [1.29, 1.82) is 0 Å². The maximum Gasteiger partial charge on any atom is 0.242 e. The summed E-state index contributed by atoms with van der Waals surface area (Å²) in [6.07, 6.45) is 2.12. The first-order valence-corrected chi connectivity index (χ1v) is 12.2. The number of carbonyl (C=O) groups is 1. The summed E-state index contributed by atoms with van der Waals surface area (Å²) in [7, 11) is -3.92. The SMILES string of the molecule is CSc1ccccc1NC(=O)[C@@H](Cc1ccccc1)NS(=O)(=O)c1ccc(Cl)cc1. The zero-order valence-corrected chi connectivity index (χ0v) is 18.6. The third-order valence-corrected chi connectivity index (χ3v) is 6.92. The lowest BCUT2D eigenvalue weighted by molar-refractivity contribution is -0.117. The molecule has 0 spiro atoms. The molecular formula is C22H21ClN2O3S2. The molecule has 0 aliphatic heterocycles. The van der Waals surface area contributed by atoms with E-state index in [0.717, 1.165) is 10.5 Å². The van der Waals surface area contributed by atoms with Gasteiger partial charge in [0.1, 0.15) is 6.04 Å². The molecule has 3 rings (SSSR count). The second-order valence-electron chi connectivity index (χ2n) is 6.51. The Morgan fingerprint density at radius 2 is 1.60 bits per heavy atom. The number of halogens is 1. The fourth-order valence-electron chi connectivity index (χ4n) is 2.87. The zero-order valence-electron chi connectivity index (χ0n) is 16.2. The van der Waals surface area contributed by atoms with Gasteiger partial charge in [0.15, 0.2) is 0 Å². The van der Waals surface area contributed by atoms with Gasteiger partial charge in [0, 0.05) is 9.92 Å². The van der Waals surface area contributed by atoms with Crippen molar-refractivity contribution < 1.29 is 13.2 Å². The Balaban J connectivity index is 1.88. The Kier molecular flexibility index (Phi) is 7.55. The minimum Gasteiger partial charge on any atom is -0.324 e. The van der Waals surface area contributed by atoms with Crippen LogP contribution < -0.4 is 10.0 Å². The van der Waals surface area contributed by atoms with Crippen LogP contribution in [0.15, 0.2) is 88.7 Å². The minimum atomic E-state index is -3.92. The Labute approximate surface area is 185 Å². The molecule has 156 valence electrons. The highest BCUT2D eigenvalue weighted by Crippen LogP contribution is 2.25. The number of sulfonamides is 1. The molecule has 8 heteroatoms. The number of hydrogen-bond acceptors (Lipinski definition) is 4. The average Bonchev–Trinajstić information content (AvgIpc) is 2.74. The number of rotatable bonds is 8. The number of thioether (sulfide) groups is 1. The van der Waals surface area contributed by atoms with Crippen molar-refractivity contribution in [2.75, 3.05) is 11.6 Å². The van der Waals surface area contributed by atoms with E-state index in [2.05, 4.69) is 10.0 Å². The third kappa shape index (κ3) is 5.86. The fourth-order valence-corrected chi connectivity index (χ4v) is 4.75. The molecule has 3 aromatic rings. The van der Waals surface area contributed by atoms with Crippen LogP contribution in [0.2, 0.25) is 5.02 Å². The lowest BCUT2D eigenvalue weighted by Gasteiger charge is -2.20. The first-order chi connectivity index (χ1) is 14.4. The Morgan fingerprint density at radius 3 is 2.27 bits per heavy atom. The number of para-hydroxylation sites is 1. The van der Waals surface area contributed by atoms with Crippen LogP contribution in [-0.2, 0) is 21.2 Å². The topological polar surface area (TPSA) is 75.3 Å². The van der Waals surface area contributed by atoms with Gasteiger partial charge in [0.25, 0.3) is 0 Å². The first kappa shape index (κ1) is 22.4. The summed E-state index contributed by atoms with van der Waals surface area (Å²) in [6, 6.07) is 21.5. The van der Waals surface area contributed by atoms with Gasteiger partial charge in [-0.25, -0.2) is 8.42 Å². The van der Waals surface area contributed by atoms with Crippen molar-refractivity contribution in [3.63, 3.8) is 0 Å². The lowest BCUT2D eigenvalue weighted by atomic mass is 10.1. The number of amides is 1. The molecule has 0 unspecified atom stereocenters. The molecule has 2 N–H and O–H groups in total. The van der Waals surface area contributed by atoms with Gasteiger partial charge in [-0.1, -0.05) is 54.1 Å². The summed E-state index contributed by atoms with van der Waals surface area (Å²) in [5.74, 6) is -0.433. The smallest absolute Gasteiger partial charge is 0.242 e. The molecule has 1 atom stereocenters. The summed E-state index contributed by atoms with van der Waals surface area (Å²) < 4.78 is 28.3. The maximum absolute atomic E-state index is 13.1. The lowest BCUT2D eigenvalue weighted by Crippen LogP contribution is -2.45. The molecule has 0 saturated carbocycles. The minimum absolute atomic E-state index is 0.0438. The van der Waals surface area contributed by atoms with Crippen molar-refractivity contribution in [3.8, 4) is 0 Å². The number of nitrogens with one attached hydrogen (secondary N) is 2. The predicted octanol–water partition coefficient (Wildman–Crippen LogP) is 4.59. The number of benzene rings is 3. The molecule has 0 aliphatic rings. The average molecular weight is 461 g/mol. The van der Waals surface area contributed by atoms with Crippen molar-refractivity contribution >= 4 is 45.0 Å². The van der Waals surface area contributed by atoms with Crippen LogP contribution in [0.4, 0.5) is 5.69 Å². The van der Waals surface area contributed by atoms with E-state index in [-0.39, 0.29) is 11.3 Å². The van der Waals surface area contributed by atoms with Crippen LogP contribution in [0, 0.1) is 0 Å². The molecule has 1 amide bonds. The molecule has 0 aromatic heterocycles. The summed E-state index contributed by atoms with van der Waals surface area (Å²) in [6.45, 7) is 0. The predicted molar refractivity (Wildman–Crippen MR) is 123 cm³/mol. The number of carbonyl (C=O) groups excluding carboxylic acids is 1. The summed E-state index contributed by atoms with van der Waals surface area (Å²) in [4.78, 5) is 14.0. The highest BCUT2D eigenvalue weighted by Gasteiger charge is 2.26. The molecular weight excluding hydrogens is 440 g/mol. The Morgan fingerprint density at radius 1 is 0.967 bits per heavy atom. The van der Waals surface area contributed by atoms with Crippen LogP contribution in [0.3, 0.4) is 0 Å². The van der Waals surface area contributed by atoms with E-state index in [1.54, 1.807) is 6.07 Å². The van der Waals surface area contributed by atoms with E-state index in [4.69, 9.17) is 11.6 Å². The number of hydrogen-bond donors (Lipinski definition) is 2. The highest BCUT2D eigenvalue weighted by molar-refractivity contribution is 7.98. The quantitative estimate of drug-likeness (QED) is 0.482. The van der Waals surface area contributed by atoms with Crippen LogP contribution in [0.25, 0.3) is 0 Å². The van der Waals surface area contributed by atoms with Crippen LogP contribution in [0.5, 0.6) is 0 Å². The van der Waals surface area contributed by atoms with E-state index < -0.39 is 22.0 Å². The molecule has 0 saturated heterocycles. The van der Waals surface area contributed by atoms with Crippen molar-refractivity contribution in [1.82, 2.24) is 4.72 Å². The van der Waals surface area contributed by atoms with Crippen LogP contribution in [-0.4, -0.2) is 26.6 Å². The summed E-state index contributed by atoms with van der Waals surface area (Å²) in [5.41, 5.74) is 1.48. The van der Waals surface area contributed by atoms with Gasteiger partial charge in [-0.05, 0) is 54.6 Å². The van der Waals surface area contributed by atoms with Crippen LogP contribution in [0.1, 0.15) is 5.56 Å². The van der Waals surface area contributed by atoms with E-state index in [1.807, 2.05) is 54.8 Å². The molecule has 0 radical (unpaired) electrons. The summed E-state index contributed by atoms with van der Waals surface area (Å²) in [5, 5.41) is 3.29. The van der Waals surface area contributed by atoms with Crippen molar-refractivity contribution in [2.24, 2.45) is 0 Å². The van der Waals surface area contributed by atoms with E-state index in [1.165, 1.54) is 36.0 Å². The van der Waals surface area contributed by atoms with Gasteiger partial charge in [-0.3, -0.25) is 4.79 Å². The van der Waals surface area contributed by atoms with Crippen molar-refractivity contribution in [2.45, 2.75) is 22.3 Å². The van der Waals surface area contributed by atoms with Gasteiger partial charge < -0.3 is 5.32 Å². The van der Waals surface area contributed by atoms with Gasteiger partial charge in [-0.2, -0.15) is 4.72 Å². The standard InChI is InChI=1S/C22H21ClN2O3S2/c1-29-21-10-6-5-9-19(21)24-22(26)20(15-16-7-3-2-4-8-16)25-30(27,28)18-13-11-17(23)12-14-18/h2-14,20,25H,15H2,1H3,(H,24,26)/t20-/m1/s1. The highest BCUT2D eigenvalue weighted by atomic mass is 35.5. The van der Waals surface area contributed by atoms with Gasteiger partial charge in [0.05, 0.1) is 10.6 Å². The monoisotopic (exact) mass is 460 g/mol. The third-order valence-electron chi connectivity index (χ3n) is 4.39. The second kappa shape index (κ2) is 10.1. The second-order valence-corrected chi connectivity index (χ2v) is 9.51. The van der Waals surface area contributed by atoms with Crippen LogP contribution >= 0.6 is 23.4 Å². The maximum atomic E-state index is 13.1. The molecule has 0 aliphatic carbocycles. The molecule has 3 aromatic carbocycles. The zero-order chi connectivity index (χ0) is 21.6. The molecule has 0 heterocycles. The molecule has 30 heavy (non-hydrogen) atoms. The van der Waals surface area contributed by atoms with E-state index in [9.17, 15) is 13.2 Å². The normalized spacial score (nSPS) is 12.3. The van der Waals surface area contributed by atoms with E-state index >= 15 is 0 Å². The first-order valence-electron chi connectivity index (χ1n) is 9.15. The van der Waals surface area contributed by atoms with Gasteiger partial charge in [-0.15, -0.1) is 11.8 Å². The Bertz CT molecular complexity index is 1100. The van der Waals surface area contributed by atoms with Gasteiger partial charge in [0.2, 0.25) is 15.9 Å². The fraction of sp³-hybridized carbons (Fsp3) is 0.136. The Hall–Kier alpha value is -2.32. The summed E-state index contributed by atoms with van der Waals surface area (Å²) >= 11 is 7.36.